The number of pyridine rings is 1. The van der Waals surface area contributed by atoms with Crippen molar-refractivity contribution in [3.8, 4) is 0 Å². The zero-order chi connectivity index (χ0) is 16.2. The van der Waals surface area contributed by atoms with Crippen LogP contribution in [-0.4, -0.2) is 23.6 Å². The summed E-state index contributed by atoms with van der Waals surface area (Å²) in [5.41, 5.74) is 4.07. The molecule has 0 spiro atoms. The molecule has 1 aliphatic heterocycles. The van der Waals surface area contributed by atoms with Crippen molar-refractivity contribution in [2.45, 2.75) is 32.8 Å². The van der Waals surface area contributed by atoms with E-state index in [0.717, 1.165) is 29.9 Å². The SMILES string of the molecule is Cc1ccc(C)c(Nc2ccc(NC(=O)C3CCCO3)cn2)c1. The predicted molar refractivity (Wildman–Crippen MR) is 91.0 cm³/mol. The molecule has 1 aromatic heterocycles. The van der Waals surface area contributed by atoms with Crippen LogP contribution in [0.4, 0.5) is 17.2 Å². The average Bonchev–Trinajstić information content (AvgIpc) is 3.07. The van der Waals surface area contributed by atoms with Crippen LogP contribution in [0, 0.1) is 13.8 Å². The lowest BCUT2D eigenvalue weighted by Crippen LogP contribution is -2.26. The van der Waals surface area contributed by atoms with Gasteiger partial charge in [0.2, 0.25) is 0 Å². The zero-order valence-corrected chi connectivity index (χ0v) is 13.4. The van der Waals surface area contributed by atoms with E-state index in [1.807, 2.05) is 12.1 Å². The highest BCUT2D eigenvalue weighted by molar-refractivity contribution is 5.94. The van der Waals surface area contributed by atoms with Crippen LogP contribution in [0.25, 0.3) is 0 Å². The second-order valence-corrected chi connectivity index (χ2v) is 5.87. The monoisotopic (exact) mass is 311 g/mol. The largest absolute Gasteiger partial charge is 0.368 e. The van der Waals surface area contributed by atoms with Crippen molar-refractivity contribution in [1.29, 1.82) is 0 Å². The van der Waals surface area contributed by atoms with Crippen LogP contribution in [0.3, 0.4) is 0 Å². The van der Waals surface area contributed by atoms with E-state index >= 15 is 0 Å². The number of amides is 1. The number of carbonyl (C=O) groups is 1. The second kappa shape index (κ2) is 6.79. The van der Waals surface area contributed by atoms with Crippen LogP contribution in [0.5, 0.6) is 0 Å². The Labute approximate surface area is 136 Å². The number of nitrogens with one attached hydrogen (secondary N) is 2. The minimum atomic E-state index is -0.331. The lowest BCUT2D eigenvalue weighted by Gasteiger charge is -2.12. The van der Waals surface area contributed by atoms with Gasteiger partial charge in [0.05, 0.1) is 11.9 Å². The molecular weight excluding hydrogens is 290 g/mol. The van der Waals surface area contributed by atoms with Crippen molar-refractivity contribution in [3.63, 3.8) is 0 Å². The van der Waals surface area contributed by atoms with Crippen molar-refractivity contribution >= 4 is 23.1 Å². The minimum Gasteiger partial charge on any atom is -0.368 e. The first-order chi connectivity index (χ1) is 11.1. The fourth-order valence-corrected chi connectivity index (χ4v) is 2.56. The topological polar surface area (TPSA) is 63.2 Å². The van der Waals surface area contributed by atoms with Crippen molar-refractivity contribution in [3.05, 3.63) is 47.7 Å². The molecule has 1 atom stereocenters. The van der Waals surface area contributed by atoms with Crippen LogP contribution >= 0.6 is 0 Å². The van der Waals surface area contributed by atoms with Gasteiger partial charge in [-0.2, -0.15) is 0 Å². The van der Waals surface area contributed by atoms with Gasteiger partial charge in [-0.25, -0.2) is 4.98 Å². The summed E-state index contributed by atoms with van der Waals surface area (Å²) in [4.78, 5) is 16.4. The van der Waals surface area contributed by atoms with Gasteiger partial charge in [-0.3, -0.25) is 4.79 Å². The molecule has 23 heavy (non-hydrogen) atoms. The standard InChI is InChI=1S/C18H21N3O2/c1-12-5-6-13(2)15(10-12)21-17-8-7-14(11-19-17)20-18(22)16-4-3-9-23-16/h5-8,10-11,16H,3-4,9H2,1-2H3,(H,19,21)(H,20,22). The van der Waals surface area contributed by atoms with Crippen molar-refractivity contribution in [2.24, 2.45) is 0 Å². The van der Waals surface area contributed by atoms with Gasteiger partial charge in [0, 0.05) is 12.3 Å². The molecule has 1 amide bonds. The van der Waals surface area contributed by atoms with Crippen LogP contribution in [0.1, 0.15) is 24.0 Å². The van der Waals surface area contributed by atoms with E-state index in [2.05, 4.69) is 47.7 Å². The summed E-state index contributed by atoms with van der Waals surface area (Å²) >= 11 is 0. The van der Waals surface area contributed by atoms with Gasteiger partial charge in [-0.1, -0.05) is 12.1 Å². The van der Waals surface area contributed by atoms with E-state index in [1.165, 1.54) is 5.56 Å². The molecule has 0 saturated carbocycles. The third kappa shape index (κ3) is 3.87. The molecule has 1 unspecified atom stereocenters. The molecule has 3 rings (SSSR count). The molecule has 0 bridgehead atoms. The lowest BCUT2D eigenvalue weighted by molar-refractivity contribution is -0.124. The molecule has 1 aromatic carbocycles. The number of rotatable bonds is 4. The van der Waals surface area contributed by atoms with Crippen molar-refractivity contribution < 1.29 is 9.53 Å². The maximum absolute atomic E-state index is 12.0. The molecule has 120 valence electrons. The van der Waals surface area contributed by atoms with Gasteiger partial charge in [-0.15, -0.1) is 0 Å². The summed E-state index contributed by atoms with van der Waals surface area (Å²) in [6.07, 6.45) is 3.05. The maximum atomic E-state index is 12.0. The molecule has 2 N–H and O–H groups in total. The molecule has 5 heteroatoms. The van der Waals surface area contributed by atoms with Crippen LogP contribution < -0.4 is 10.6 Å². The number of aryl methyl sites for hydroxylation is 2. The highest BCUT2D eigenvalue weighted by Crippen LogP contribution is 2.21. The molecule has 1 aliphatic rings. The summed E-state index contributed by atoms with van der Waals surface area (Å²) in [5.74, 6) is 0.647. The van der Waals surface area contributed by atoms with E-state index in [4.69, 9.17) is 4.74 Å². The Hall–Kier alpha value is -2.40. The van der Waals surface area contributed by atoms with Gasteiger partial charge >= 0.3 is 0 Å². The Balaban J connectivity index is 1.64. The number of benzene rings is 1. The van der Waals surface area contributed by atoms with Crippen molar-refractivity contribution in [2.75, 3.05) is 17.2 Å². The smallest absolute Gasteiger partial charge is 0.253 e. The van der Waals surface area contributed by atoms with E-state index in [9.17, 15) is 4.79 Å². The predicted octanol–water partition coefficient (Wildman–Crippen LogP) is 3.56. The summed E-state index contributed by atoms with van der Waals surface area (Å²) in [6, 6.07) is 9.94. The summed E-state index contributed by atoms with van der Waals surface area (Å²) in [6.45, 7) is 4.77. The second-order valence-electron chi connectivity index (χ2n) is 5.87. The molecule has 0 aliphatic carbocycles. The number of aromatic nitrogens is 1. The number of ether oxygens (including phenoxy) is 1. The molecule has 0 radical (unpaired) electrons. The van der Waals surface area contributed by atoms with Gasteiger partial charge in [-0.05, 0) is 56.0 Å². The highest BCUT2D eigenvalue weighted by atomic mass is 16.5. The first-order valence-corrected chi connectivity index (χ1v) is 7.84. The number of anilines is 3. The van der Waals surface area contributed by atoms with Crippen LogP contribution in [0.2, 0.25) is 0 Å². The third-order valence-electron chi connectivity index (χ3n) is 3.91. The Morgan fingerprint density at radius 3 is 2.83 bits per heavy atom. The lowest BCUT2D eigenvalue weighted by atomic mass is 10.1. The van der Waals surface area contributed by atoms with E-state index in [0.29, 0.717) is 12.3 Å². The number of nitrogens with zero attached hydrogens (tertiary/aromatic N) is 1. The molecule has 1 saturated heterocycles. The maximum Gasteiger partial charge on any atom is 0.253 e. The Bertz CT molecular complexity index is 692. The quantitative estimate of drug-likeness (QED) is 0.906. The zero-order valence-electron chi connectivity index (χ0n) is 13.4. The van der Waals surface area contributed by atoms with E-state index in [1.54, 1.807) is 6.20 Å². The first-order valence-electron chi connectivity index (χ1n) is 7.84. The Morgan fingerprint density at radius 1 is 1.26 bits per heavy atom. The Morgan fingerprint density at radius 2 is 2.13 bits per heavy atom. The fraction of sp³-hybridized carbons (Fsp3) is 0.333. The van der Waals surface area contributed by atoms with Crippen LogP contribution in [-0.2, 0) is 9.53 Å². The van der Waals surface area contributed by atoms with Gasteiger partial charge < -0.3 is 15.4 Å². The fourth-order valence-electron chi connectivity index (χ4n) is 2.56. The third-order valence-corrected chi connectivity index (χ3v) is 3.91. The molecule has 5 nitrogen and oxygen atoms in total. The average molecular weight is 311 g/mol. The van der Waals surface area contributed by atoms with E-state index < -0.39 is 0 Å². The van der Waals surface area contributed by atoms with E-state index in [-0.39, 0.29) is 12.0 Å². The van der Waals surface area contributed by atoms with Crippen LogP contribution in [0.15, 0.2) is 36.5 Å². The van der Waals surface area contributed by atoms with Gasteiger partial charge in [0.1, 0.15) is 11.9 Å². The summed E-state index contributed by atoms with van der Waals surface area (Å²) in [7, 11) is 0. The molecule has 2 aromatic rings. The van der Waals surface area contributed by atoms with Gasteiger partial charge in [0.25, 0.3) is 5.91 Å². The first kappa shape index (κ1) is 15.5. The number of hydrogen-bond acceptors (Lipinski definition) is 4. The normalized spacial score (nSPS) is 17.0. The minimum absolute atomic E-state index is 0.0977. The number of carbonyl (C=O) groups excluding carboxylic acids is 1. The Kier molecular flexibility index (Phi) is 4.57. The molecule has 2 heterocycles. The van der Waals surface area contributed by atoms with Crippen molar-refractivity contribution in [1.82, 2.24) is 4.98 Å². The highest BCUT2D eigenvalue weighted by Gasteiger charge is 2.23. The van der Waals surface area contributed by atoms with Gasteiger partial charge in [0.15, 0.2) is 0 Å². The summed E-state index contributed by atoms with van der Waals surface area (Å²) in [5, 5.41) is 6.14. The number of hydrogen-bond donors (Lipinski definition) is 2. The molecular formula is C18H21N3O2. The molecule has 1 fully saturated rings. The summed E-state index contributed by atoms with van der Waals surface area (Å²) < 4.78 is 5.37.